The predicted octanol–water partition coefficient (Wildman–Crippen LogP) is 4.40. The summed E-state index contributed by atoms with van der Waals surface area (Å²) in [5.41, 5.74) is 2.35. The van der Waals surface area contributed by atoms with Gasteiger partial charge in [-0.05, 0) is 50.1 Å². The van der Waals surface area contributed by atoms with Crippen LogP contribution in [0.4, 0.5) is 14.5 Å². The van der Waals surface area contributed by atoms with Crippen LogP contribution in [0.1, 0.15) is 44.1 Å². The second-order valence-corrected chi connectivity index (χ2v) is 8.67. The van der Waals surface area contributed by atoms with Gasteiger partial charge in [-0.2, -0.15) is 5.26 Å². The van der Waals surface area contributed by atoms with Crippen molar-refractivity contribution in [2.45, 2.75) is 44.4 Å². The van der Waals surface area contributed by atoms with Crippen molar-refractivity contribution in [3.05, 3.63) is 36.0 Å². The standard InChI is InChI=1S/C24H28F2N4O/c25-24(26)9-15-29(16-10-24)12-2-4-22(31)18-7-13-30(14-8-18)21-6-5-19(17-27)23-20(21)3-1-11-28-23/h1,3,5-6,11,18H,2,4,7-10,12-16H2. The lowest BCUT2D eigenvalue weighted by molar-refractivity contribution is -0.123. The van der Waals surface area contributed by atoms with Crippen molar-refractivity contribution in [1.29, 1.82) is 5.26 Å². The number of piperidine rings is 2. The molecule has 0 aliphatic carbocycles. The number of hydrogen-bond acceptors (Lipinski definition) is 5. The summed E-state index contributed by atoms with van der Waals surface area (Å²) >= 11 is 0. The van der Waals surface area contributed by atoms with Gasteiger partial charge in [-0.1, -0.05) is 0 Å². The van der Waals surface area contributed by atoms with Gasteiger partial charge in [0.2, 0.25) is 0 Å². The number of carbonyl (C=O) groups is 1. The quantitative estimate of drug-likeness (QED) is 0.685. The monoisotopic (exact) mass is 426 g/mol. The van der Waals surface area contributed by atoms with E-state index in [-0.39, 0.29) is 18.8 Å². The normalized spacial score (nSPS) is 20.0. The number of aromatic nitrogens is 1. The first kappa shape index (κ1) is 21.6. The highest BCUT2D eigenvalue weighted by Crippen LogP contribution is 2.32. The zero-order chi connectivity index (χ0) is 21.8. The number of fused-ring (bicyclic) bond motifs is 1. The Morgan fingerprint density at radius 1 is 1.16 bits per heavy atom. The SMILES string of the molecule is N#Cc1ccc(N2CCC(C(=O)CCCN3CCC(F)(F)CC3)CC2)c2cccnc12. The van der Waals surface area contributed by atoms with E-state index in [0.29, 0.717) is 30.9 Å². The Labute approximate surface area is 181 Å². The Balaban J connectivity index is 1.28. The third-order valence-electron chi connectivity index (χ3n) is 6.64. The minimum atomic E-state index is -2.52. The molecule has 164 valence electrons. The second kappa shape index (κ2) is 9.27. The molecule has 2 saturated heterocycles. The molecule has 2 aliphatic rings. The molecule has 0 N–H and O–H groups in total. The molecular formula is C24H28F2N4O. The molecule has 1 aromatic heterocycles. The molecule has 2 aromatic rings. The molecule has 2 fully saturated rings. The van der Waals surface area contributed by atoms with Crippen LogP contribution in [0.3, 0.4) is 0 Å². The third kappa shape index (κ3) is 5.01. The van der Waals surface area contributed by atoms with Crippen molar-refractivity contribution < 1.29 is 13.6 Å². The molecule has 4 rings (SSSR count). The van der Waals surface area contributed by atoms with Gasteiger partial charge < -0.3 is 9.80 Å². The van der Waals surface area contributed by atoms with Gasteiger partial charge in [0.1, 0.15) is 11.9 Å². The molecule has 0 spiro atoms. The Kier molecular flexibility index (Phi) is 6.47. The molecule has 0 amide bonds. The van der Waals surface area contributed by atoms with Gasteiger partial charge in [0.05, 0.1) is 11.1 Å². The molecule has 2 aliphatic heterocycles. The highest BCUT2D eigenvalue weighted by Gasteiger charge is 2.33. The van der Waals surface area contributed by atoms with Gasteiger partial charge in [0, 0.05) is 68.6 Å². The lowest BCUT2D eigenvalue weighted by atomic mass is 9.89. The zero-order valence-electron chi connectivity index (χ0n) is 17.7. The van der Waals surface area contributed by atoms with E-state index in [1.807, 2.05) is 24.3 Å². The summed E-state index contributed by atoms with van der Waals surface area (Å²) in [6.07, 6.45) is 4.47. The van der Waals surface area contributed by atoms with E-state index < -0.39 is 5.92 Å². The number of nitrogens with zero attached hydrogens (tertiary/aromatic N) is 4. The number of pyridine rings is 1. The van der Waals surface area contributed by atoms with Gasteiger partial charge in [0.25, 0.3) is 5.92 Å². The van der Waals surface area contributed by atoms with Gasteiger partial charge in [-0.3, -0.25) is 9.78 Å². The summed E-state index contributed by atoms with van der Waals surface area (Å²) < 4.78 is 26.5. The van der Waals surface area contributed by atoms with E-state index in [9.17, 15) is 18.8 Å². The number of carbonyl (C=O) groups excluding carboxylic acids is 1. The van der Waals surface area contributed by atoms with E-state index >= 15 is 0 Å². The fourth-order valence-electron chi connectivity index (χ4n) is 4.75. The predicted molar refractivity (Wildman–Crippen MR) is 116 cm³/mol. The fraction of sp³-hybridized carbons (Fsp3) is 0.542. The summed E-state index contributed by atoms with van der Waals surface area (Å²) in [6.45, 7) is 3.17. The number of likely N-dealkylation sites (tertiary alicyclic amines) is 1. The van der Waals surface area contributed by atoms with Crippen LogP contribution < -0.4 is 4.90 Å². The van der Waals surface area contributed by atoms with Crippen LogP contribution in [-0.2, 0) is 4.79 Å². The van der Waals surface area contributed by atoms with Gasteiger partial charge >= 0.3 is 0 Å². The van der Waals surface area contributed by atoms with Crippen LogP contribution in [-0.4, -0.2) is 54.3 Å². The number of anilines is 1. The number of halogens is 2. The minimum Gasteiger partial charge on any atom is -0.371 e. The van der Waals surface area contributed by atoms with E-state index in [1.54, 1.807) is 6.20 Å². The summed E-state index contributed by atoms with van der Waals surface area (Å²) in [5, 5.41) is 10.3. The maximum absolute atomic E-state index is 13.2. The molecule has 1 aromatic carbocycles. The van der Waals surface area contributed by atoms with Crippen LogP contribution in [0, 0.1) is 17.2 Å². The molecule has 3 heterocycles. The number of Topliss-reactive ketones (excluding diaryl/α,β-unsaturated/α-hetero) is 1. The summed E-state index contributed by atoms with van der Waals surface area (Å²) in [6, 6.07) is 9.87. The van der Waals surface area contributed by atoms with Crippen molar-refractivity contribution in [3.63, 3.8) is 0 Å². The Morgan fingerprint density at radius 3 is 2.61 bits per heavy atom. The number of nitriles is 1. The van der Waals surface area contributed by atoms with Crippen LogP contribution in [0.25, 0.3) is 10.9 Å². The van der Waals surface area contributed by atoms with E-state index in [2.05, 4.69) is 20.9 Å². The smallest absolute Gasteiger partial charge is 0.250 e. The lowest BCUT2D eigenvalue weighted by Crippen LogP contribution is -2.40. The molecule has 0 saturated carbocycles. The van der Waals surface area contributed by atoms with Crippen LogP contribution in [0.2, 0.25) is 0 Å². The van der Waals surface area contributed by atoms with E-state index in [4.69, 9.17) is 0 Å². The van der Waals surface area contributed by atoms with Crippen molar-refractivity contribution in [3.8, 4) is 6.07 Å². The van der Waals surface area contributed by atoms with Crippen LogP contribution in [0.5, 0.6) is 0 Å². The largest absolute Gasteiger partial charge is 0.371 e. The average molecular weight is 427 g/mol. The Bertz CT molecular complexity index is 969. The highest BCUT2D eigenvalue weighted by molar-refractivity contribution is 5.95. The first-order valence-corrected chi connectivity index (χ1v) is 11.1. The van der Waals surface area contributed by atoms with Crippen LogP contribution in [0.15, 0.2) is 30.5 Å². The molecule has 0 bridgehead atoms. The van der Waals surface area contributed by atoms with Crippen molar-refractivity contribution in [1.82, 2.24) is 9.88 Å². The molecule has 31 heavy (non-hydrogen) atoms. The molecule has 0 radical (unpaired) electrons. The number of hydrogen-bond donors (Lipinski definition) is 0. The fourth-order valence-corrected chi connectivity index (χ4v) is 4.75. The van der Waals surface area contributed by atoms with Crippen molar-refractivity contribution in [2.24, 2.45) is 5.92 Å². The lowest BCUT2D eigenvalue weighted by Gasteiger charge is -2.34. The summed E-state index contributed by atoms with van der Waals surface area (Å²) in [5.74, 6) is -2.14. The number of benzene rings is 1. The first-order chi connectivity index (χ1) is 15.0. The third-order valence-corrected chi connectivity index (χ3v) is 6.64. The summed E-state index contributed by atoms with van der Waals surface area (Å²) in [7, 11) is 0. The van der Waals surface area contributed by atoms with Crippen molar-refractivity contribution >= 4 is 22.4 Å². The Morgan fingerprint density at radius 2 is 1.90 bits per heavy atom. The van der Waals surface area contributed by atoms with Gasteiger partial charge in [-0.15, -0.1) is 0 Å². The molecular weight excluding hydrogens is 398 g/mol. The van der Waals surface area contributed by atoms with Crippen LogP contribution >= 0.6 is 0 Å². The number of rotatable bonds is 6. The summed E-state index contributed by atoms with van der Waals surface area (Å²) in [4.78, 5) is 21.4. The van der Waals surface area contributed by atoms with E-state index in [0.717, 1.165) is 55.5 Å². The maximum atomic E-state index is 13.2. The number of ketones is 1. The second-order valence-electron chi connectivity index (χ2n) is 8.67. The topological polar surface area (TPSA) is 60.2 Å². The molecule has 0 unspecified atom stereocenters. The average Bonchev–Trinajstić information content (AvgIpc) is 2.79. The zero-order valence-corrected chi connectivity index (χ0v) is 17.7. The Hall–Kier alpha value is -2.59. The van der Waals surface area contributed by atoms with Gasteiger partial charge in [-0.25, -0.2) is 8.78 Å². The van der Waals surface area contributed by atoms with Gasteiger partial charge in [0.15, 0.2) is 0 Å². The maximum Gasteiger partial charge on any atom is 0.250 e. The number of alkyl halides is 2. The molecule has 7 heteroatoms. The highest BCUT2D eigenvalue weighted by atomic mass is 19.3. The van der Waals surface area contributed by atoms with Crippen molar-refractivity contribution in [2.75, 3.05) is 37.6 Å². The van der Waals surface area contributed by atoms with E-state index in [1.165, 1.54) is 0 Å². The molecule has 0 atom stereocenters. The minimum absolute atomic E-state index is 0.0705. The molecule has 5 nitrogen and oxygen atoms in total. The first-order valence-electron chi connectivity index (χ1n) is 11.1.